The number of para-hydroxylation sites is 1. The molecule has 0 aliphatic heterocycles. The Bertz CT molecular complexity index is 352. The molecule has 1 aromatic carbocycles. The molecule has 0 unspecified atom stereocenters. The van der Waals surface area contributed by atoms with Gasteiger partial charge in [-0.3, -0.25) is 4.39 Å². The van der Waals surface area contributed by atoms with E-state index in [4.69, 9.17) is 4.74 Å². The van der Waals surface area contributed by atoms with E-state index in [2.05, 4.69) is 25.2 Å². The first kappa shape index (κ1) is 15.0. The van der Waals surface area contributed by atoms with Gasteiger partial charge >= 0.3 is 0 Å². The van der Waals surface area contributed by atoms with Crippen molar-refractivity contribution < 1.29 is 9.13 Å². The molecule has 0 fully saturated rings. The Morgan fingerprint density at radius 2 is 2.11 bits per heavy atom. The van der Waals surface area contributed by atoms with Crippen LogP contribution in [0.1, 0.15) is 31.4 Å². The summed E-state index contributed by atoms with van der Waals surface area (Å²) in [5.74, 6) is 1.54. The van der Waals surface area contributed by atoms with Crippen LogP contribution < -0.4 is 10.1 Å². The van der Waals surface area contributed by atoms with E-state index in [1.165, 1.54) is 0 Å². The van der Waals surface area contributed by atoms with E-state index < -0.39 is 0 Å². The maximum absolute atomic E-state index is 12.1. The van der Waals surface area contributed by atoms with Crippen LogP contribution in [0.2, 0.25) is 0 Å². The fraction of sp³-hybridized carbons (Fsp3) is 0.600. The normalized spacial score (nSPS) is 10.9. The highest BCUT2D eigenvalue weighted by atomic mass is 19.1. The van der Waals surface area contributed by atoms with Crippen LogP contribution >= 0.6 is 0 Å². The maximum atomic E-state index is 12.1. The van der Waals surface area contributed by atoms with Gasteiger partial charge in [-0.05, 0) is 24.9 Å². The number of ether oxygens (including phenoxy) is 1. The lowest BCUT2D eigenvalue weighted by molar-refractivity contribution is 0.285. The number of rotatable bonds is 8. The zero-order chi connectivity index (χ0) is 13.4. The average molecular weight is 253 g/mol. The van der Waals surface area contributed by atoms with Gasteiger partial charge in [0.2, 0.25) is 0 Å². The Labute approximate surface area is 110 Å². The molecule has 1 N–H and O–H groups in total. The van der Waals surface area contributed by atoms with Crippen LogP contribution in [-0.4, -0.2) is 19.8 Å². The van der Waals surface area contributed by atoms with Crippen LogP contribution in [0.5, 0.6) is 5.75 Å². The highest BCUT2D eigenvalue weighted by Crippen LogP contribution is 2.23. The number of hydrogen-bond acceptors (Lipinski definition) is 2. The van der Waals surface area contributed by atoms with Crippen molar-refractivity contribution in [1.82, 2.24) is 5.32 Å². The third kappa shape index (κ3) is 5.05. The molecule has 0 aromatic heterocycles. The van der Waals surface area contributed by atoms with Crippen molar-refractivity contribution in [3.8, 4) is 5.75 Å². The number of alkyl halides is 1. The molecule has 3 heteroatoms. The fourth-order valence-corrected chi connectivity index (χ4v) is 1.78. The number of aryl methyl sites for hydroxylation is 1. The Morgan fingerprint density at radius 1 is 1.33 bits per heavy atom. The van der Waals surface area contributed by atoms with Gasteiger partial charge in [-0.1, -0.05) is 32.0 Å². The van der Waals surface area contributed by atoms with Gasteiger partial charge in [-0.2, -0.15) is 0 Å². The van der Waals surface area contributed by atoms with E-state index in [9.17, 15) is 4.39 Å². The zero-order valence-corrected chi connectivity index (χ0v) is 11.6. The number of nitrogens with one attached hydrogen (secondary N) is 1. The summed E-state index contributed by atoms with van der Waals surface area (Å²) in [4.78, 5) is 0. The van der Waals surface area contributed by atoms with Gasteiger partial charge in [0.1, 0.15) is 5.75 Å². The van der Waals surface area contributed by atoms with E-state index in [-0.39, 0.29) is 6.67 Å². The highest BCUT2D eigenvalue weighted by Gasteiger charge is 2.06. The van der Waals surface area contributed by atoms with Crippen molar-refractivity contribution in [3.05, 3.63) is 29.3 Å². The lowest BCUT2D eigenvalue weighted by Gasteiger charge is -2.15. The third-order valence-corrected chi connectivity index (χ3v) is 2.69. The summed E-state index contributed by atoms with van der Waals surface area (Å²) in [5, 5.41) is 3.41. The molecule has 1 rings (SSSR count). The largest absolute Gasteiger partial charge is 0.493 e. The SMILES string of the molecule is Cc1cccc(CNCC(C)C)c1OCCCF. The molecule has 18 heavy (non-hydrogen) atoms. The molecule has 0 spiro atoms. The van der Waals surface area contributed by atoms with Crippen molar-refractivity contribution in [2.75, 3.05) is 19.8 Å². The minimum absolute atomic E-state index is 0.327. The summed E-state index contributed by atoms with van der Waals surface area (Å²) in [5.41, 5.74) is 2.26. The molecule has 2 nitrogen and oxygen atoms in total. The van der Waals surface area contributed by atoms with Gasteiger partial charge in [-0.25, -0.2) is 0 Å². The molecular weight excluding hydrogens is 229 g/mol. The lowest BCUT2D eigenvalue weighted by Crippen LogP contribution is -2.19. The van der Waals surface area contributed by atoms with E-state index in [0.717, 1.165) is 30.0 Å². The Hall–Kier alpha value is -1.09. The van der Waals surface area contributed by atoms with Crippen LogP contribution in [0.4, 0.5) is 4.39 Å². The second-order valence-electron chi connectivity index (χ2n) is 4.98. The predicted octanol–water partition coefficient (Wildman–Crippen LogP) is 3.48. The molecule has 0 bridgehead atoms. The summed E-state index contributed by atoms with van der Waals surface area (Å²) in [6.45, 7) is 8.29. The van der Waals surface area contributed by atoms with Crippen molar-refractivity contribution in [3.63, 3.8) is 0 Å². The van der Waals surface area contributed by atoms with Crippen LogP contribution in [0.3, 0.4) is 0 Å². The molecule has 102 valence electrons. The number of halogens is 1. The molecule has 0 amide bonds. The topological polar surface area (TPSA) is 21.3 Å². The summed E-state index contributed by atoms with van der Waals surface area (Å²) in [7, 11) is 0. The Morgan fingerprint density at radius 3 is 2.78 bits per heavy atom. The minimum Gasteiger partial charge on any atom is -0.493 e. The van der Waals surface area contributed by atoms with E-state index in [0.29, 0.717) is 18.9 Å². The first-order valence-electron chi connectivity index (χ1n) is 6.63. The van der Waals surface area contributed by atoms with Crippen molar-refractivity contribution in [2.45, 2.75) is 33.7 Å². The van der Waals surface area contributed by atoms with Gasteiger partial charge in [0.25, 0.3) is 0 Å². The average Bonchev–Trinajstić information content (AvgIpc) is 2.32. The van der Waals surface area contributed by atoms with Gasteiger partial charge < -0.3 is 10.1 Å². The Kier molecular flexibility index (Phi) is 6.73. The lowest BCUT2D eigenvalue weighted by atomic mass is 10.1. The molecule has 0 saturated heterocycles. The monoisotopic (exact) mass is 253 g/mol. The molecular formula is C15H24FNO. The first-order chi connectivity index (χ1) is 8.65. The van der Waals surface area contributed by atoms with Crippen LogP contribution in [0, 0.1) is 12.8 Å². The second-order valence-corrected chi connectivity index (χ2v) is 4.98. The molecule has 0 aliphatic carbocycles. The van der Waals surface area contributed by atoms with Crippen molar-refractivity contribution in [1.29, 1.82) is 0 Å². The van der Waals surface area contributed by atoms with Crippen molar-refractivity contribution >= 4 is 0 Å². The predicted molar refractivity (Wildman–Crippen MR) is 73.8 cm³/mol. The smallest absolute Gasteiger partial charge is 0.126 e. The van der Waals surface area contributed by atoms with E-state index >= 15 is 0 Å². The van der Waals surface area contributed by atoms with Gasteiger partial charge in [0.05, 0.1) is 13.3 Å². The van der Waals surface area contributed by atoms with Gasteiger partial charge in [0.15, 0.2) is 0 Å². The third-order valence-electron chi connectivity index (χ3n) is 2.69. The molecule has 0 aliphatic rings. The van der Waals surface area contributed by atoms with Crippen LogP contribution in [0.15, 0.2) is 18.2 Å². The maximum Gasteiger partial charge on any atom is 0.126 e. The first-order valence-corrected chi connectivity index (χ1v) is 6.63. The summed E-state index contributed by atoms with van der Waals surface area (Å²) in [6.07, 6.45) is 0.452. The molecule has 0 saturated carbocycles. The van der Waals surface area contributed by atoms with E-state index in [1.54, 1.807) is 0 Å². The number of benzene rings is 1. The Balaban J connectivity index is 2.61. The van der Waals surface area contributed by atoms with E-state index in [1.807, 2.05) is 19.1 Å². The molecule has 0 radical (unpaired) electrons. The van der Waals surface area contributed by atoms with Crippen LogP contribution in [0.25, 0.3) is 0 Å². The zero-order valence-electron chi connectivity index (χ0n) is 11.6. The number of hydrogen-bond donors (Lipinski definition) is 1. The summed E-state index contributed by atoms with van der Waals surface area (Å²) in [6, 6.07) is 6.12. The van der Waals surface area contributed by atoms with Gasteiger partial charge in [0, 0.05) is 18.5 Å². The van der Waals surface area contributed by atoms with Gasteiger partial charge in [-0.15, -0.1) is 0 Å². The summed E-state index contributed by atoms with van der Waals surface area (Å²) < 4.78 is 17.8. The van der Waals surface area contributed by atoms with Crippen molar-refractivity contribution in [2.24, 2.45) is 5.92 Å². The standard InChI is InChI=1S/C15H24FNO/c1-12(2)10-17-11-14-7-4-6-13(3)15(14)18-9-5-8-16/h4,6-7,12,17H,5,8-11H2,1-3H3. The quantitative estimate of drug-likeness (QED) is 0.716. The van der Waals surface area contributed by atoms with Crippen LogP contribution in [-0.2, 0) is 6.54 Å². The molecule has 0 heterocycles. The highest BCUT2D eigenvalue weighted by molar-refractivity contribution is 5.40. The minimum atomic E-state index is -0.327. The fourth-order valence-electron chi connectivity index (χ4n) is 1.78. The second kappa shape index (κ2) is 8.09. The summed E-state index contributed by atoms with van der Waals surface area (Å²) >= 11 is 0. The molecule has 1 aromatic rings. The molecule has 0 atom stereocenters.